The smallest absolute Gasteiger partial charge is 0.333 e. The summed E-state index contributed by atoms with van der Waals surface area (Å²) >= 11 is 3.59. The first-order valence-electron chi connectivity index (χ1n) is 4.01. The summed E-state index contributed by atoms with van der Waals surface area (Å²) in [5.74, 6) is -0.182. The lowest BCUT2D eigenvalue weighted by Crippen LogP contribution is -2.21. The molecule has 0 saturated carbocycles. The quantitative estimate of drug-likeness (QED) is 0.513. The largest absolute Gasteiger partial charge is 0.466 e. The second-order valence-corrected chi connectivity index (χ2v) is 5.25. The molecule has 0 N–H and O–H groups in total. The first kappa shape index (κ1) is 9.78. The highest BCUT2D eigenvalue weighted by atomic mass is 79.9. The van der Waals surface area contributed by atoms with Crippen LogP contribution in [0.2, 0.25) is 0 Å². The molecule has 0 fully saturated rings. The molecule has 0 aromatic rings. The molecule has 12 heavy (non-hydrogen) atoms. The minimum atomic E-state index is -0.182. The molecular formula is C9H13BrO2. The third-order valence-corrected chi connectivity index (χ3v) is 2.86. The Labute approximate surface area is 81.1 Å². The Hall–Kier alpha value is -0.310. The van der Waals surface area contributed by atoms with Crippen LogP contribution in [0.5, 0.6) is 0 Å². The van der Waals surface area contributed by atoms with Crippen LogP contribution in [0, 0.1) is 0 Å². The van der Waals surface area contributed by atoms with Gasteiger partial charge in [0.15, 0.2) is 0 Å². The van der Waals surface area contributed by atoms with E-state index >= 15 is 0 Å². The molecule has 1 rings (SSSR count). The normalized spacial score (nSPS) is 29.4. The van der Waals surface area contributed by atoms with Gasteiger partial charge in [0.05, 0.1) is 7.11 Å². The van der Waals surface area contributed by atoms with Gasteiger partial charge in [-0.25, -0.2) is 4.79 Å². The lowest BCUT2D eigenvalue weighted by atomic mass is 9.91. The van der Waals surface area contributed by atoms with Gasteiger partial charge in [-0.2, -0.15) is 0 Å². The van der Waals surface area contributed by atoms with Gasteiger partial charge in [-0.05, 0) is 26.2 Å². The van der Waals surface area contributed by atoms with Crippen molar-refractivity contribution in [1.82, 2.24) is 0 Å². The number of ether oxygens (including phenoxy) is 1. The summed E-state index contributed by atoms with van der Waals surface area (Å²) in [5.41, 5.74) is 0.814. The van der Waals surface area contributed by atoms with E-state index in [0.717, 1.165) is 24.8 Å². The maximum atomic E-state index is 11.1. The van der Waals surface area contributed by atoms with Crippen molar-refractivity contribution >= 4 is 21.9 Å². The summed E-state index contributed by atoms with van der Waals surface area (Å²) in [6.45, 7) is 2.14. The van der Waals surface area contributed by atoms with Crippen molar-refractivity contribution in [3.63, 3.8) is 0 Å². The summed E-state index contributed by atoms with van der Waals surface area (Å²) in [5, 5.41) is 0. The molecule has 1 unspecified atom stereocenters. The number of allylic oxidation sites excluding steroid dienone is 1. The fourth-order valence-corrected chi connectivity index (χ4v) is 1.61. The average molecular weight is 233 g/mol. The number of rotatable bonds is 1. The summed E-state index contributed by atoms with van der Waals surface area (Å²) in [6.07, 6.45) is 4.67. The molecule has 1 aliphatic rings. The monoisotopic (exact) mass is 232 g/mol. The van der Waals surface area contributed by atoms with Crippen LogP contribution in [-0.4, -0.2) is 17.4 Å². The molecule has 68 valence electrons. The molecule has 0 bridgehead atoms. The molecule has 2 nitrogen and oxygen atoms in total. The van der Waals surface area contributed by atoms with Gasteiger partial charge in [-0.1, -0.05) is 22.0 Å². The SMILES string of the molecule is COC(=O)C1=CCC(C)(Br)CC1. The van der Waals surface area contributed by atoms with E-state index in [4.69, 9.17) is 0 Å². The maximum absolute atomic E-state index is 11.1. The zero-order valence-electron chi connectivity index (χ0n) is 7.39. The fraction of sp³-hybridized carbons (Fsp3) is 0.667. The van der Waals surface area contributed by atoms with Crippen LogP contribution >= 0.6 is 15.9 Å². The summed E-state index contributed by atoms with van der Waals surface area (Å²) < 4.78 is 4.81. The number of methoxy groups -OCH3 is 1. The van der Waals surface area contributed by atoms with E-state index in [0.29, 0.717) is 0 Å². The number of hydrogen-bond donors (Lipinski definition) is 0. The Morgan fingerprint density at radius 3 is 2.83 bits per heavy atom. The molecule has 0 amide bonds. The molecule has 0 aliphatic heterocycles. The Kier molecular flexibility index (Phi) is 2.94. The van der Waals surface area contributed by atoms with Crippen LogP contribution in [0.4, 0.5) is 0 Å². The number of carbonyl (C=O) groups excluding carboxylic acids is 1. The third kappa shape index (κ3) is 2.34. The molecule has 0 aromatic heterocycles. The Balaban J connectivity index is 2.62. The van der Waals surface area contributed by atoms with Gasteiger partial charge in [-0.15, -0.1) is 0 Å². The van der Waals surface area contributed by atoms with E-state index < -0.39 is 0 Å². The number of alkyl halides is 1. The standard InChI is InChI=1S/C9H13BrO2/c1-9(10)5-3-7(4-6-9)8(11)12-2/h3H,4-6H2,1-2H3. The highest BCUT2D eigenvalue weighted by molar-refractivity contribution is 9.10. The van der Waals surface area contributed by atoms with Gasteiger partial charge < -0.3 is 4.74 Å². The van der Waals surface area contributed by atoms with E-state index in [1.165, 1.54) is 7.11 Å². The highest BCUT2D eigenvalue weighted by Crippen LogP contribution is 2.34. The van der Waals surface area contributed by atoms with Crippen LogP contribution in [0.1, 0.15) is 26.2 Å². The molecule has 3 heteroatoms. The van der Waals surface area contributed by atoms with E-state index in [1.807, 2.05) is 6.08 Å². The minimum Gasteiger partial charge on any atom is -0.466 e. The van der Waals surface area contributed by atoms with Gasteiger partial charge >= 0.3 is 5.97 Å². The first-order chi connectivity index (χ1) is 5.55. The molecule has 1 aliphatic carbocycles. The summed E-state index contributed by atoms with van der Waals surface area (Å²) in [7, 11) is 1.42. The molecule has 1 atom stereocenters. The van der Waals surface area contributed by atoms with E-state index in [-0.39, 0.29) is 10.3 Å². The zero-order valence-corrected chi connectivity index (χ0v) is 8.98. The lowest BCUT2D eigenvalue weighted by molar-refractivity contribution is -0.136. The van der Waals surface area contributed by atoms with Crippen LogP contribution in [-0.2, 0) is 9.53 Å². The van der Waals surface area contributed by atoms with Gasteiger partial charge in [0.1, 0.15) is 0 Å². The molecule has 0 aromatic carbocycles. The van der Waals surface area contributed by atoms with Crippen LogP contribution in [0.3, 0.4) is 0 Å². The Morgan fingerprint density at radius 1 is 1.75 bits per heavy atom. The molecular weight excluding hydrogens is 220 g/mol. The second kappa shape index (κ2) is 3.60. The van der Waals surface area contributed by atoms with E-state index in [2.05, 4.69) is 27.6 Å². The van der Waals surface area contributed by atoms with Gasteiger partial charge in [0.25, 0.3) is 0 Å². The predicted octanol–water partition coefficient (Wildman–Crippen LogP) is 2.42. The highest BCUT2D eigenvalue weighted by Gasteiger charge is 2.25. The van der Waals surface area contributed by atoms with Crippen molar-refractivity contribution in [2.45, 2.75) is 30.5 Å². The first-order valence-corrected chi connectivity index (χ1v) is 4.81. The fourth-order valence-electron chi connectivity index (χ4n) is 1.25. The Morgan fingerprint density at radius 2 is 2.42 bits per heavy atom. The number of carbonyl (C=O) groups is 1. The van der Waals surface area contributed by atoms with E-state index in [9.17, 15) is 4.79 Å². The average Bonchev–Trinajstić information content (AvgIpc) is 2.03. The Bertz CT molecular complexity index is 219. The zero-order chi connectivity index (χ0) is 9.19. The van der Waals surface area contributed by atoms with Crippen molar-refractivity contribution in [1.29, 1.82) is 0 Å². The maximum Gasteiger partial charge on any atom is 0.333 e. The number of halogens is 1. The van der Waals surface area contributed by atoms with Gasteiger partial charge in [0.2, 0.25) is 0 Å². The van der Waals surface area contributed by atoms with Crippen molar-refractivity contribution < 1.29 is 9.53 Å². The van der Waals surface area contributed by atoms with Crippen molar-refractivity contribution in [3.8, 4) is 0 Å². The van der Waals surface area contributed by atoms with Crippen LogP contribution in [0.25, 0.3) is 0 Å². The molecule has 0 spiro atoms. The van der Waals surface area contributed by atoms with Gasteiger partial charge in [0, 0.05) is 9.90 Å². The van der Waals surface area contributed by atoms with Gasteiger partial charge in [-0.3, -0.25) is 0 Å². The lowest BCUT2D eigenvalue weighted by Gasteiger charge is -2.25. The van der Waals surface area contributed by atoms with Crippen molar-refractivity contribution in [2.24, 2.45) is 0 Å². The van der Waals surface area contributed by atoms with Crippen molar-refractivity contribution in [2.75, 3.05) is 7.11 Å². The molecule has 0 heterocycles. The summed E-state index contributed by atoms with van der Waals surface area (Å²) in [6, 6.07) is 0. The van der Waals surface area contributed by atoms with Crippen LogP contribution < -0.4 is 0 Å². The van der Waals surface area contributed by atoms with E-state index in [1.54, 1.807) is 0 Å². The summed E-state index contributed by atoms with van der Waals surface area (Å²) in [4.78, 5) is 11.1. The number of hydrogen-bond acceptors (Lipinski definition) is 2. The second-order valence-electron chi connectivity index (χ2n) is 3.34. The topological polar surface area (TPSA) is 26.3 Å². The molecule has 0 radical (unpaired) electrons. The van der Waals surface area contributed by atoms with Crippen molar-refractivity contribution in [3.05, 3.63) is 11.6 Å². The number of esters is 1. The predicted molar refractivity (Wildman–Crippen MR) is 51.3 cm³/mol. The minimum absolute atomic E-state index is 0.171. The molecule has 0 saturated heterocycles. The van der Waals surface area contributed by atoms with Crippen LogP contribution in [0.15, 0.2) is 11.6 Å². The third-order valence-electron chi connectivity index (χ3n) is 2.14.